The number of halogens is 1. The highest BCUT2D eigenvalue weighted by Crippen LogP contribution is 2.29. The van der Waals surface area contributed by atoms with Crippen molar-refractivity contribution < 1.29 is 9.13 Å². The van der Waals surface area contributed by atoms with Crippen LogP contribution in [0.5, 0.6) is 5.75 Å². The lowest BCUT2D eigenvalue weighted by Gasteiger charge is -2.22. The van der Waals surface area contributed by atoms with E-state index in [2.05, 4.69) is 33.0 Å². The Balaban J connectivity index is 2.66. The molecule has 102 valence electrons. The number of hydrogen-bond acceptors (Lipinski definition) is 2. The fraction of sp³-hybridized carbons (Fsp3) is 0.600. The lowest BCUT2D eigenvalue weighted by atomic mass is 9.96. The van der Waals surface area contributed by atoms with Crippen molar-refractivity contribution in [3.8, 4) is 5.75 Å². The van der Waals surface area contributed by atoms with Crippen LogP contribution in [-0.4, -0.2) is 19.2 Å². The number of hydrogen-bond donors (Lipinski definition) is 1. The molecule has 1 rings (SSSR count). The molecule has 1 N–H and O–H groups in total. The SMILES string of the molecule is COc1ccc(F)cc1C(C)CCNC(C)(C)C. The monoisotopic (exact) mass is 253 g/mol. The van der Waals surface area contributed by atoms with Crippen LogP contribution in [-0.2, 0) is 0 Å². The first-order valence-electron chi connectivity index (χ1n) is 6.42. The quantitative estimate of drug-likeness (QED) is 0.863. The Hall–Kier alpha value is -1.09. The lowest BCUT2D eigenvalue weighted by Crippen LogP contribution is -2.36. The minimum absolute atomic E-state index is 0.117. The Bertz CT molecular complexity index is 385. The summed E-state index contributed by atoms with van der Waals surface area (Å²) in [6, 6.07) is 4.70. The normalized spacial score (nSPS) is 13.4. The van der Waals surface area contributed by atoms with Crippen LogP contribution in [0.1, 0.15) is 45.6 Å². The largest absolute Gasteiger partial charge is 0.496 e. The van der Waals surface area contributed by atoms with Crippen molar-refractivity contribution in [1.29, 1.82) is 0 Å². The van der Waals surface area contributed by atoms with Gasteiger partial charge in [0.1, 0.15) is 11.6 Å². The lowest BCUT2D eigenvalue weighted by molar-refractivity contribution is 0.394. The predicted molar refractivity (Wildman–Crippen MR) is 73.7 cm³/mol. The highest BCUT2D eigenvalue weighted by molar-refractivity contribution is 5.36. The molecule has 0 heterocycles. The molecule has 0 aromatic heterocycles. The average molecular weight is 253 g/mol. The van der Waals surface area contributed by atoms with Crippen LogP contribution in [0.25, 0.3) is 0 Å². The number of ether oxygens (including phenoxy) is 1. The molecule has 0 saturated heterocycles. The van der Waals surface area contributed by atoms with Crippen molar-refractivity contribution in [3.63, 3.8) is 0 Å². The maximum absolute atomic E-state index is 13.3. The van der Waals surface area contributed by atoms with Crippen LogP contribution in [0.2, 0.25) is 0 Å². The number of nitrogens with one attached hydrogen (secondary N) is 1. The Morgan fingerprint density at radius 1 is 1.33 bits per heavy atom. The Morgan fingerprint density at radius 2 is 2.00 bits per heavy atom. The van der Waals surface area contributed by atoms with E-state index < -0.39 is 0 Å². The molecule has 0 aliphatic carbocycles. The third-order valence-electron chi connectivity index (χ3n) is 2.96. The first kappa shape index (κ1) is 15.0. The Labute approximate surface area is 110 Å². The van der Waals surface area contributed by atoms with Gasteiger partial charge in [0, 0.05) is 5.54 Å². The second kappa shape index (κ2) is 6.19. The van der Waals surface area contributed by atoms with Gasteiger partial charge in [-0.3, -0.25) is 0 Å². The van der Waals surface area contributed by atoms with E-state index in [1.54, 1.807) is 19.2 Å². The average Bonchev–Trinajstić information content (AvgIpc) is 2.27. The number of methoxy groups -OCH3 is 1. The van der Waals surface area contributed by atoms with E-state index in [1.807, 2.05) is 0 Å². The van der Waals surface area contributed by atoms with Crippen molar-refractivity contribution in [3.05, 3.63) is 29.6 Å². The highest BCUT2D eigenvalue weighted by atomic mass is 19.1. The van der Waals surface area contributed by atoms with Gasteiger partial charge in [-0.25, -0.2) is 4.39 Å². The summed E-state index contributed by atoms with van der Waals surface area (Å²) < 4.78 is 18.6. The molecule has 0 amide bonds. The molecule has 0 saturated carbocycles. The van der Waals surface area contributed by atoms with Crippen LogP contribution in [0.4, 0.5) is 4.39 Å². The summed E-state index contributed by atoms with van der Waals surface area (Å²) in [6.45, 7) is 9.42. The molecule has 0 fully saturated rings. The van der Waals surface area contributed by atoms with Crippen LogP contribution in [0, 0.1) is 5.82 Å². The van der Waals surface area contributed by atoms with E-state index >= 15 is 0 Å². The molecular weight excluding hydrogens is 229 g/mol. The third-order valence-corrected chi connectivity index (χ3v) is 2.96. The zero-order valence-electron chi connectivity index (χ0n) is 12.0. The van der Waals surface area contributed by atoms with Gasteiger partial charge in [0.25, 0.3) is 0 Å². The second-order valence-electron chi connectivity index (χ2n) is 5.75. The first-order chi connectivity index (χ1) is 8.33. The molecule has 0 aliphatic heterocycles. The van der Waals surface area contributed by atoms with Gasteiger partial charge in [0.05, 0.1) is 7.11 Å². The molecule has 1 atom stereocenters. The van der Waals surface area contributed by atoms with E-state index in [0.29, 0.717) is 0 Å². The molecule has 1 aromatic rings. The minimum Gasteiger partial charge on any atom is -0.496 e. The highest BCUT2D eigenvalue weighted by Gasteiger charge is 2.14. The van der Waals surface area contributed by atoms with E-state index in [9.17, 15) is 4.39 Å². The van der Waals surface area contributed by atoms with Crippen molar-refractivity contribution in [2.45, 2.75) is 45.6 Å². The third kappa shape index (κ3) is 4.65. The fourth-order valence-electron chi connectivity index (χ4n) is 1.91. The molecule has 0 spiro atoms. The van der Waals surface area contributed by atoms with Crippen LogP contribution >= 0.6 is 0 Å². The van der Waals surface area contributed by atoms with Gasteiger partial charge in [-0.2, -0.15) is 0 Å². The van der Waals surface area contributed by atoms with Gasteiger partial charge in [0.15, 0.2) is 0 Å². The summed E-state index contributed by atoms with van der Waals surface area (Å²) in [7, 11) is 1.62. The summed E-state index contributed by atoms with van der Waals surface area (Å²) >= 11 is 0. The van der Waals surface area contributed by atoms with E-state index in [4.69, 9.17) is 4.74 Å². The molecule has 0 radical (unpaired) electrons. The fourth-order valence-corrected chi connectivity index (χ4v) is 1.91. The van der Waals surface area contributed by atoms with Crippen LogP contribution in [0.3, 0.4) is 0 Å². The summed E-state index contributed by atoms with van der Waals surface area (Å²) in [4.78, 5) is 0. The zero-order valence-corrected chi connectivity index (χ0v) is 12.0. The Kier molecular flexibility index (Phi) is 5.15. The maximum atomic E-state index is 13.3. The molecule has 1 aromatic carbocycles. The minimum atomic E-state index is -0.207. The van der Waals surface area contributed by atoms with Crippen molar-refractivity contribution in [2.24, 2.45) is 0 Å². The topological polar surface area (TPSA) is 21.3 Å². The zero-order chi connectivity index (χ0) is 13.8. The molecule has 3 heteroatoms. The van der Waals surface area contributed by atoms with Crippen LogP contribution in [0.15, 0.2) is 18.2 Å². The summed E-state index contributed by atoms with van der Waals surface area (Å²) in [5, 5.41) is 3.44. The van der Waals surface area contributed by atoms with Gasteiger partial charge in [-0.05, 0) is 63.4 Å². The van der Waals surface area contributed by atoms with Crippen LogP contribution < -0.4 is 10.1 Å². The van der Waals surface area contributed by atoms with E-state index in [0.717, 1.165) is 24.3 Å². The van der Waals surface area contributed by atoms with E-state index in [-0.39, 0.29) is 17.3 Å². The van der Waals surface area contributed by atoms with Gasteiger partial charge in [0.2, 0.25) is 0 Å². The Morgan fingerprint density at radius 3 is 2.56 bits per heavy atom. The summed E-state index contributed by atoms with van der Waals surface area (Å²) in [6.07, 6.45) is 0.955. The predicted octanol–water partition coefficient (Wildman–Crippen LogP) is 3.72. The molecule has 0 bridgehead atoms. The van der Waals surface area contributed by atoms with E-state index in [1.165, 1.54) is 6.07 Å². The summed E-state index contributed by atoms with van der Waals surface area (Å²) in [5.74, 6) is 0.826. The number of rotatable bonds is 5. The smallest absolute Gasteiger partial charge is 0.123 e. The van der Waals surface area contributed by atoms with Gasteiger partial charge < -0.3 is 10.1 Å². The maximum Gasteiger partial charge on any atom is 0.123 e. The number of benzene rings is 1. The standard InChI is InChI=1S/C15H24FNO/c1-11(8-9-17-15(2,3)4)13-10-12(16)6-7-14(13)18-5/h6-7,10-11,17H,8-9H2,1-5H3. The molecule has 18 heavy (non-hydrogen) atoms. The van der Waals surface area contributed by atoms with Crippen molar-refractivity contribution in [2.75, 3.05) is 13.7 Å². The first-order valence-corrected chi connectivity index (χ1v) is 6.42. The van der Waals surface area contributed by atoms with Gasteiger partial charge in [-0.1, -0.05) is 6.92 Å². The molecule has 2 nitrogen and oxygen atoms in total. The van der Waals surface area contributed by atoms with Crippen molar-refractivity contribution in [1.82, 2.24) is 5.32 Å². The van der Waals surface area contributed by atoms with Crippen molar-refractivity contribution >= 4 is 0 Å². The summed E-state index contributed by atoms with van der Waals surface area (Å²) in [5.41, 5.74) is 1.05. The molecule has 1 unspecified atom stereocenters. The molecular formula is C15H24FNO. The second-order valence-corrected chi connectivity index (χ2v) is 5.75. The molecule has 0 aliphatic rings. The van der Waals surface area contributed by atoms with Gasteiger partial charge in [-0.15, -0.1) is 0 Å². The van der Waals surface area contributed by atoms with Gasteiger partial charge >= 0.3 is 0 Å².